The first kappa shape index (κ1) is 20.6. The fraction of sp³-hybridized carbons (Fsp3) is 0.300. The second-order valence-corrected chi connectivity index (χ2v) is 7.57. The quantitative estimate of drug-likeness (QED) is 0.320. The van der Waals surface area contributed by atoms with E-state index >= 15 is 0 Å². The van der Waals surface area contributed by atoms with Crippen LogP contribution in [0.15, 0.2) is 59.0 Å². The van der Waals surface area contributed by atoms with E-state index in [1.807, 2.05) is 24.4 Å². The summed E-state index contributed by atoms with van der Waals surface area (Å²) >= 11 is 1.79. The van der Waals surface area contributed by atoms with Gasteiger partial charge in [-0.1, -0.05) is 44.2 Å². The molecule has 6 heteroatoms. The second-order valence-electron chi connectivity index (χ2n) is 6.62. The molecule has 0 aliphatic carbocycles. The third-order valence-corrected chi connectivity index (χ3v) is 5.52. The Morgan fingerprint density at radius 3 is 2.65 bits per heavy atom. The van der Waals surface area contributed by atoms with Crippen LogP contribution >= 0.6 is 35.3 Å². The molecule has 138 valence electrons. The minimum atomic E-state index is 0. The van der Waals surface area contributed by atoms with Gasteiger partial charge in [-0.3, -0.25) is 9.98 Å². The maximum absolute atomic E-state index is 4.52. The van der Waals surface area contributed by atoms with Crippen molar-refractivity contribution in [1.82, 2.24) is 15.6 Å². The molecule has 1 aromatic carbocycles. The molecule has 0 amide bonds. The van der Waals surface area contributed by atoms with E-state index in [0.717, 1.165) is 18.2 Å². The number of hydrogen-bond donors (Lipinski definition) is 2. The molecule has 0 aliphatic heterocycles. The second kappa shape index (κ2) is 9.32. The zero-order valence-electron chi connectivity index (χ0n) is 15.3. The van der Waals surface area contributed by atoms with Crippen LogP contribution in [-0.2, 0) is 12.0 Å². The van der Waals surface area contributed by atoms with Crippen molar-refractivity contribution >= 4 is 52.0 Å². The molecule has 3 aromatic rings. The van der Waals surface area contributed by atoms with Gasteiger partial charge >= 0.3 is 0 Å². The van der Waals surface area contributed by atoms with E-state index < -0.39 is 0 Å². The van der Waals surface area contributed by atoms with Gasteiger partial charge in [0.05, 0.1) is 12.2 Å². The zero-order valence-corrected chi connectivity index (χ0v) is 18.5. The van der Waals surface area contributed by atoms with Crippen LogP contribution in [0.1, 0.15) is 24.4 Å². The monoisotopic (exact) mass is 480 g/mol. The summed E-state index contributed by atoms with van der Waals surface area (Å²) in [5.41, 5.74) is 1.09. The Morgan fingerprint density at radius 1 is 1.12 bits per heavy atom. The number of pyridine rings is 1. The van der Waals surface area contributed by atoms with Crippen LogP contribution in [0.3, 0.4) is 0 Å². The van der Waals surface area contributed by atoms with Gasteiger partial charge in [0.2, 0.25) is 0 Å². The van der Waals surface area contributed by atoms with E-state index in [1.165, 1.54) is 15.6 Å². The average Bonchev–Trinajstić information content (AvgIpc) is 3.17. The van der Waals surface area contributed by atoms with Crippen molar-refractivity contribution in [2.45, 2.75) is 25.8 Å². The highest BCUT2D eigenvalue weighted by molar-refractivity contribution is 14.0. The van der Waals surface area contributed by atoms with Crippen LogP contribution < -0.4 is 10.6 Å². The van der Waals surface area contributed by atoms with Crippen LogP contribution in [0.5, 0.6) is 0 Å². The molecular formula is C20H25IN4S. The number of guanidine groups is 1. The van der Waals surface area contributed by atoms with Gasteiger partial charge in [0.15, 0.2) is 5.96 Å². The number of benzene rings is 1. The van der Waals surface area contributed by atoms with Crippen molar-refractivity contribution in [3.05, 3.63) is 64.6 Å². The Morgan fingerprint density at radius 2 is 1.92 bits per heavy atom. The molecule has 3 rings (SSSR count). The number of aromatic nitrogens is 1. The zero-order chi connectivity index (χ0) is 17.7. The lowest BCUT2D eigenvalue weighted by Gasteiger charge is -2.25. The highest BCUT2D eigenvalue weighted by atomic mass is 127. The van der Waals surface area contributed by atoms with Crippen LogP contribution in [0, 0.1) is 0 Å². The number of fused-ring (bicyclic) bond motifs is 1. The summed E-state index contributed by atoms with van der Waals surface area (Å²) in [5.74, 6) is 0.791. The predicted octanol–water partition coefficient (Wildman–Crippen LogP) is 4.56. The summed E-state index contributed by atoms with van der Waals surface area (Å²) in [6, 6.07) is 14.6. The number of thiophene rings is 1. The number of halogens is 1. The van der Waals surface area contributed by atoms with E-state index in [9.17, 15) is 0 Å². The summed E-state index contributed by atoms with van der Waals surface area (Å²) in [6.07, 6.45) is 1.86. The lowest BCUT2D eigenvalue weighted by molar-refractivity contribution is 0.518. The number of rotatable bonds is 5. The van der Waals surface area contributed by atoms with E-state index in [4.69, 9.17) is 0 Å². The van der Waals surface area contributed by atoms with Crippen molar-refractivity contribution in [1.29, 1.82) is 0 Å². The first-order valence-electron chi connectivity index (χ1n) is 8.41. The molecule has 0 aliphatic rings. The van der Waals surface area contributed by atoms with Gasteiger partial charge in [0.25, 0.3) is 0 Å². The molecule has 0 radical (unpaired) electrons. The molecule has 26 heavy (non-hydrogen) atoms. The fourth-order valence-electron chi connectivity index (χ4n) is 2.77. The SMILES string of the molecule is CN=C(NCc1nccc2ccccc12)NCC(C)(C)c1cccs1.I. The lowest BCUT2D eigenvalue weighted by atomic mass is 9.91. The number of aliphatic imine (C=N–C) groups is 1. The largest absolute Gasteiger partial charge is 0.356 e. The summed E-state index contributed by atoms with van der Waals surface area (Å²) in [7, 11) is 1.80. The van der Waals surface area contributed by atoms with Gasteiger partial charge < -0.3 is 10.6 Å². The van der Waals surface area contributed by atoms with Crippen LogP contribution in [0.2, 0.25) is 0 Å². The number of nitrogens with one attached hydrogen (secondary N) is 2. The Hall–Kier alpha value is -1.67. The number of hydrogen-bond acceptors (Lipinski definition) is 3. The fourth-order valence-corrected chi connectivity index (χ4v) is 3.62. The van der Waals surface area contributed by atoms with Gasteiger partial charge in [-0.05, 0) is 22.9 Å². The minimum Gasteiger partial charge on any atom is -0.356 e. The highest BCUT2D eigenvalue weighted by Crippen LogP contribution is 2.26. The average molecular weight is 480 g/mol. The number of nitrogens with zero attached hydrogens (tertiary/aromatic N) is 2. The van der Waals surface area contributed by atoms with E-state index in [2.05, 4.69) is 64.1 Å². The predicted molar refractivity (Wildman–Crippen MR) is 123 cm³/mol. The van der Waals surface area contributed by atoms with Gasteiger partial charge in [0.1, 0.15) is 0 Å². The van der Waals surface area contributed by atoms with E-state index in [0.29, 0.717) is 6.54 Å². The van der Waals surface area contributed by atoms with Gasteiger partial charge in [-0.2, -0.15) is 0 Å². The topological polar surface area (TPSA) is 49.3 Å². The van der Waals surface area contributed by atoms with Gasteiger partial charge in [-0.25, -0.2) is 0 Å². The van der Waals surface area contributed by atoms with E-state index in [-0.39, 0.29) is 29.4 Å². The van der Waals surface area contributed by atoms with Crippen LogP contribution in [0.4, 0.5) is 0 Å². The van der Waals surface area contributed by atoms with Crippen LogP contribution in [-0.4, -0.2) is 24.5 Å². The lowest BCUT2D eigenvalue weighted by Crippen LogP contribution is -2.43. The van der Waals surface area contributed by atoms with Crippen LogP contribution in [0.25, 0.3) is 10.8 Å². The Bertz CT molecular complexity index is 854. The first-order chi connectivity index (χ1) is 12.1. The van der Waals surface area contributed by atoms with Crippen molar-refractivity contribution in [3.63, 3.8) is 0 Å². The third-order valence-electron chi connectivity index (χ3n) is 4.29. The molecule has 0 atom stereocenters. The molecule has 2 N–H and O–H groups in total. The highest BCUT2D eigenvalue weighted by Gasteiger charge is 2.21. The van der Waals surface area contributed by atoms with Crippen molar-refractivity contribution in [2.75, 3.05) is 13.6 Å². The molecule has 2 heterocycles. The standard InChI is InChI=1S/C20H24N4S.HI/c1-20(2,18-9-6-12-25-18)14-24-19(21-3)23-13-17-16-8-5-4-7-15(16)10-11-22-17;/h4-12H,13-14H2,1-3H3,(H2,21,23,24);1H. The smallest absolute Gasteiger partial charge is 0.191 e. The molecule has 2 aromatic heterocycles. The molecular weight excluding hydrogens is 455 g/mol. The maximum Gasteiger partial charge on any atom is 0.191 e. The summed E-state index contributed by atoms with van der Waals surface area (Å²) < 4.78 is 0. The summed E-state index contributed by atoms with van der Waals surface area (Å²) in [5, 5.41) is 11.3. The third kappa shape index (κ3) is 4.94. The van der Waals surface area contributed by atoms with E-state index in [1.54, 1.807) is 18.4 Å². The maximum atomic E-state index is 4.52. The van der Waals surface area contributed by atoms with Gasteiger partial charge in [0, 0.05) is 35.5 Å². The Labute approximate surface area is 176 Å². The summed E-state index contributed by atoms with van der Waals surface area (Å²) in [4.78, 5) is 10.2. The Balaban J connectivity index is 0.00000243. The van der Waals surface area contributed by atoms with Crippen molar-refractivity contribution in [2.24, 2.45) is 4.99 Å². The van der Waals surface area contributed by atoms with Crippen molar-refractivity contribution < 1.29 is 0 Å². The van der Waals surface area contributed by atoms with Crippen molar-refractivity contribution in [3.8, 4) is 0 Å². The molecule has 0 fully saturated rings. The minimum absolute atomic E-state index is 0. The molecule has 0 unspecified atom stereocenters. The molecule has 0 saturated carbocycles. The van der Waals surface area contributed by atoms with Gasteiger partial charge in [-0.15, -0.1) is 35.3 Å². The molecule has 0 bridgehead atoms. The molecule has 0 spiro atoms. The molecule has 4 nitrogen and oxygen atoms in total. The summed E-state index contributed by atoms with van der Waals surface area (Å²) in [6.45, 7) is 5.94. The first-order valence-corrected chi connectivity index (χ1v) is 9.29. The molecule has 0 saturated heterocycles. The normalized spacial score (nSPS) is 11.9. The Kier molecular flexibility index (Phi) is 7.40.